The summed E-state index contributed by atoms with van der Waals surface area (Å²) in [5, 5.41) is 0.954. The van der Waals surface area contributed by atoms with E-state index in [1.54, 1.807) is 18.2 Å². The average Bonchev–Trinajstić information content (AvgIpc) is 2.48. The summed E-state index contributed by atoms with van der Waals surface area (Å²) in [5.74, 6) is 0.118. The number of carbonyl (C=O) groups is 1. The Morgan fingerprint density at radius 1 is 0.952 bits per heavy atom. The monoisotopic (exact) mass is 277 g/mol. The number of benzene rings is 2. The zero-order valence-corrected chi connectivity index (χ0v) is 12.0. The lowest BCUT2D eigenvalue weighted by molar-refractivity contribution is 0.0737. The van der Waals surface area contributed by atoms with Crippen LogP contribution in [0.3, 0.4) is 0 Å². The van der Waals surface area contributed by atoms with Crippen molar-refractivity contribution in [2.75, 3.05) is 0 Å². The summed E-state index contributed by atoms with van der Waals surface area (Å²) in [4.78, 5) is 16.7. The summed E-state index contributed by atoms with van der Waals surface area (Å²) in [6, 6.07) is 16.8. The van der Waals surface area contributed by atoms with Crippen molar-refractivity contribution in [3.05, 3.63) is 71.4 Å². The molecule has 3 heteroatoms. The highest BCUT2D eigenvalue weighted by molar-refractivity contribution is 5.94. The maximum absolute atomic E-state index is 12.2. The number of esters is 1. The van der Waals surface area contributed by atoms with Crippen LogP contribution in [-0.2, 0) is 0 Å². The smallest absolute Gasteiger partial charge is 0.343 e. The van der Waals surface area contributed by atoms with E-state index in [0.717, 1.165) is 16.6 Å². The Labute approximate surface area is 123 Å². The lowest BCUT2D eigenvalue weighted by atomic mass is 10.1. The van der Waals surface area contributed by atoms with Crippen molar-refractivity contribution in [3.63, 3.8) is 0 Å². The minimum atomic E-state index is -0.370. The van der Waals surface area contributed by atoms with Gasteiger partial charge < -0.3 is 4.74 Å². The van der Waals surface area contributed by atoms with E-state index in [0.29, 0.717) is 16.8 Å². The first kappa shape index (κ1) is 13.3. The van der Waals surface area contributed by atoms with Gasteiger partial charge in [0.05, 0.1) is 5.56 Å². The number of aromatic nitrogens is 1. The maximum Gasteiger partial charge on any atom is 0.343 e. The molecule has 0 aliphatic heterocycles. The molecule has 3 nitrogen and oxygen atoms in total. The van der Waals surface area contributed by atoms with Crippen molar-refractivity contribution >= 4 is 16.9 Å². The lowest BCUT2D eigenvalue weighted by Crippen LogP contribution is -2.09. The van der Waals surface area contributed by atoms with E-state index in [9.17, 15) is 4.79 Å². The molecule has 0 spiro atoms. The quantitative estimate of drug-likeness (QED) is 0.523. The highest BCUT2D eigenvalue weighted by Crippen LogP contribution is 2.24. The van der Waals surface area contributed by atoms with E-state index in [-0.39, 0.29) is 5.97 Å². The summed E-state index contributed by atoms with van der Waals surface area (Å²) >= 11 is 0. The van der Waals surface area contributed by atoms with E-state index < -0.39 is 0 Å². The molecule has 0 bridgehead atoms. The van der Waals surface area contributed by atoms with Crippen LogP contribution >= 0.6 is 0 Å². The Morgan fingerprint density at radius 3 is 2.48 bits per heavy atom. The van der Waals surface area contributed by atoms with Gasteiger partial charge in [-0.15, -0.1) is 0 Å². The van der Waals surface area contributed by atoms with Crippen LogP contribution in [0.1, 0.15) is 21.6 Å². The second-order valence-electron chi connectivity index (χ2n) is 5.04. The summed E-state index contributed by atoms with van der Waals surface area (Å²) in [5.41, 5.74) is 3.23. The first-order valence-corrected chi connectivity index (χ1v) is 6.79. The molecule has 3 aromatic rings. The topological polar surface area (TPSA) is 39.2 Å². The van der Waals surface area contributed by atoms with Gasteiger partial charge in [-0.1, -0.05) is 35.9 Å². The maximum atomic E-state index is 12.2. The van der Waals surface area contributed by atoms with E-state index >= 15 is 0 Å². The first-order valence-electron chi connectivity index (χ1n) is 6.79. The molecule has 0 amide bonds. The van der Waals surface area contributed by atoms with Crippen molar-refractivity contribution in [2.24, 2.45) is 0 Å². The second-order valence-corrected chi connectivity index (χ2v) is 5.04. The number of nitrogens with zero attached hydrogens (tertiary/aromatic N) is 1. The van der Waals surface area contributed by atoms with Gasteiger partial charge in [0.1, 0.15) is 5.52 Å². The SMILES string of the molecule is Cc1ccc(C(=O)Oc2cccc3ccc(C)nc23)cc1. The number of hydrogen-bond acceptors (Lipinski definition) is 3. The molecule has 0 aliphatic carbocycles. The van der Waals surface area contributed by atoms with Gasteiger partial charge in [0.2, 0.25) is 0 Å². The van der Waals surface area contributed by atoms with Crippen LogP contribution in [0, 0.1) is 13.8 Å². The molecule has 0 saturated carbocycles. The summed E-state index contributed by atoms with van der Waals surface area (Å²) in [6.45, 7) is 3.89. The molecule has 2 aromatic carbocycles. The van der Waals surface area contributed by atoms with Gasteiger partial charge in [-0.05, 0) is 38.1 Å². The molecular formula is C18H15NO2. The van der Waals surface area contributed by atoms with Crippen LogP contribution in [0.4, 0.5) is 0 Å². The Hall–Kier alpha value is -2.68. The lowest BCUT2D eigenvalue weighted by Gasteiger charge is -2.08. The fourth-order valence-electron chi connectivity index (χ4n) is 2.15. The summed E-state index contributed by atoms with van der Waals surface area (Å²) in [7, 11) is 0. The minimum Gasteiger partial charge on any atom is -0.421 e. The highest BCUT2D eigenvalue weighted by atomic mass is 16.5. The van der Waals surface area contributed by atoms with Crippen molar-refractivity contribution in [1.82, 2.24) is 4.98 Å². The van der Waals surface area contributed by atoms with Gasteiger partial charge >= 0.3 is 5.97 Å². The molecule has 0 aliphatic rings. The molecule has 0 fully saturated rings. The predicted molar refractivity (Wildman–Crippen MR) is 82.6 cm³/mol. The normalized spacial score (nSPS) is 10.6. The molecule has 104 valence electrons. The number of para-hydroxylation sites is 1. The Bertz CT molecular complexity index is 807. The first-order chi connectivity index (χ1) is 10.1. The highest BCUT2D eigenvalue weighted by Gasteiger charge is 2.11. The minimum absolute atomic E-state index is 0.370. The molecular weight excluding hydrogens is 262 g/mol. The molecule has 0 saturated heterocycles. The zero-order valence-electron chi connectivity index (χ0n) is 12.0. The van der Waals surface area contributed by atoms with Crippen molar-refractivity contribution in [1.29, 1.82) is 0 Å². The zero-order chi connectivity index (χ0) is 14.8. The third-order valence-corrected chi connectivity index (χ3v) is 3.31. The van der Waals surface area contributed by atoms with Gasteiger partial charge in [-0.2, -0.15) is 0 Å². The van der Waals surface area contributed by atoms with E-state index in [2.05, 4.69) is 4.98 Å². The van der Waals surface area contributed by atoms with Gasteiger partial charge in [0, 0.05) is 11.1 Å². The van der Waals surface area contributed by atoms with Crippen molar-refractivity contribution < 1.29 is 9.53 Å². The van der Waals surface area contributed by atoms with Crippen molar-refractivity contribution in [2.45, 2.75) is 13.8 Å². The van der Waals surface area contributed by atoms with Crippen LogP contribution in [0.25, 0.3) is 10.9 Å². The number of rotatable bonds is 2. The average molecular weight is 277 g/mol. The molecule has 0 radical (unpaired) electrons. The van der Waals surface area contributed by atoms with E-state index in [4.69, 9.17) is 4.74 Å². The summed E-state index contributed by atoms with van der Waals surface area (Å²) in [6.07, 6.45) is 0. The van der Waals surface area contributed by atoms with Crippen molar-refractivity contribution in [3.8, 4) is 5.75 Å². The van der Waals surface area contributed by atoms with Crippen LogP contribution in [0.15, 0.2) is 54.6 Å². The van der Waals surface area contributed by atoms with Crippen LogP contribution in [0.2, 0.25) is 0 Å². The number of fused-ring (bicyclic) bond motifs is 1. The number of hydrogen-bond donors (Lipinski definition) is 0. The Morgan fingerprint density at radius 2 is 1.71 bits per heavy atom. The van der Waals surface area contributed by atoms with Gasteiger partial charge in [-0.3, -0.25) is 0 Å². The molecule has 3 rings (SSSR count). The third-order valence-electron chi connectivity index (χ3n) is 3.31. The molecule has 0 N–H and O–H groups in total. The number of pyridine rings is 1. The third kappa shape index (κ3) is 2.77. The molecule has 21 heavy (non-hydrogen) atoms. The fourth-order valence-corrected chi connectivity index (χ4v) is 2.15. The van der Waals surface area contributed by atoms with Crippen LogP contribution in [0.5, 0.6) is 5.75 Å². The number of ether oxygens (including phenoxy) is 1. The Kier molecular flexibility index (Phi) is 3.40. The molecule has 0 atom stereocenters. The second kappa shape index (κ2) is 5.37. The summed E-state index contributed by atoms with van der Waals surface area (Å²) < 4.78 is 5.51. The Balaban J connectivity index is 1.96. The molecule has 1 heterocycles. The van der Waals surface area contributed by atoms with Gasteiger partial charge in [-0.25, -0.2) is 9.78 Å². The number of carbonyl (C=O) groups excluding carboxylic acids is 1. The largest absolute Gasteiger partial charge is 0.421 e. The van der Waals surface area contributed by atoms with E-state index in [1.807, 2.05) is 50.2 Å². The standard InChI is InChI=1S/C18H15NO2/c1-12-6-9-15(10-7-12)18(20)21-16-5-3-4-14-11-8-13(2)19-17(14)16/h3-11H,1-2H3. The molecule has 0 unspecified atom stereocenters. The predicted octanol–water partition coefficient (Wildman–Crippen LogP) is 4.07. The van der Waals surface area contributed by atoms with E-state index in [1.165, 1.54) is 0 Å². The fraction of sp³-hybridized carbons (Fsp3) is 0.111. The molecule has 1 aromatic heterocycles. The van der Waals surface area contributed by atoms with Crippen LogP contribution in [-0.4, -0.2) is 11.0 Å². The number of aryl methyl sites for hydroxylation is 2. The van der Waals surface area contributed by atoms with Crippen LogP contribution < -0.4 is 4.74 Å². The van der Waals surface area contributed by atoms with Gasteiger partial charge in [0.25, 0.3) is 0 Å². The van der Waals surface area contributed by atoms with Gasteiger partial charge in [0.15, 0.2) is 5.75 Å².